The number of aldehydes is 2. The summed E-state index contributed by atoms with van der Waals surface area (Å²) in [5.74, 6) is 0.929. The first-order chi connectivity index (χ1) is 12.7. The number of carbonyl (C=O) groups excluding carboxylic acids is 2. The fraction of sp³-hybridized carbons (Fsp3) is 0.100. The average molecular weight is 350 g/mol. The van der Waals surface area contributed by atoms with E-state index in [1.807, 2.05) is 0 Å². The Morgan fingerprint density at radius 2 is 1.12 bits per heavy atom. The topological polar surface area (TPSA) is 93.1 Å². The summed E-state index contributed by atoms with van der Waals surface area (Å²) in [5, 5.41) is 24.7. The van der Waals surface area contributed by atoms with E-state index in [4.69, 9.17) is 9.47 Å². The number of aromatic hydroxyl groups is 2. The van der Waals surface area contributed by atoms with Crippen LogP contribution < -0.4 is 9.47 Å². The second-order valence-electron chi connectivity index (χ2n) is 5.81. The molecule has 4 aromatic rings. The third kappa shape index (κ3) is 2.27. The molecule has 2 N–H and O–H groups in total. The highest BCUT2D eigenvalue weighted by atomic mass is 16.5. The highest BCUT2D eigenvalue weighted by Crippen LogP contribution is 2.47. The fourth-order valence-corrected chi connectivity index (χ4v) is 3.38. The molecule has 4 rings (SSSR count). The highest BCUT2D eigenvalue weighted by Gasteiger charge is 2.19. The maximum atomic E-state index is 10.7. The summed E-state index contributed by atoms with van der Waals surface area (Å²) in [6.45, 7) is -0.241. The first kappa shape index (κ1) is 16.0. The van der Waals surface area contributed by atoms with Gasteiger partial charge in [0.25, 0.3) is 0 Å². The summed E-state index contributed by atoms with van der Waals surface area (Å²) in [4.78, 5) is 21.3. The quantitative estimate of drug-likeness (QED) is 0.410. The molecule has 0 unspecified atom stereocenters. The molecule has 0 atom stereocenters. The van der Waals surface area contributed by atoms with Crippen LogP contribution in [0.1, 0.15) is 0 Å². The molecule has 0 fully saturated rings. The monoisotopic (exact) mass is 350 g/mol. The van der Waals surface area contributed by atoms with E-state index in [0.29, 0.717) is 56.4 Å². The second kappa shape index (κ2) is 6.07. The van der Waals surface area contributed by atoms with Crippen LogP contribution in [-0.4, -0.2) is 36.0 Å². The Hall–Kier alpha value is -3.54. The Labute approximate surface area is 147 Å². The molecule has 0 aromatic heterocycles. The summed E-state index contributed by atoms with van der Waals surface area (Å²) in [6, 6.07) is 9.80. The normalized spacial score (nSPS) is 11.2. The van der Waals surface area contributed by atoms with Crippen LogP contribution in [-0.2, 0) is 9.59 Å². The van der Waals surface area contributed by atoms with E-state index >= 15 is 0 Å². The molecule has 0 heterocycles. The van der Waals surface area contributed by atoms with Crippen molar-refractivity contribution in [3.05, 3.63) is 36.4 Å². The summed E-state index contributed by atoms with van der Waals surface area (Å²) < 4.78 is 10.9. The number of hydrogen-bond acceptors (Lipinski definition) is 6. The van der Waals surface area contributed by atoms with Crippen LogP contribution in [0, 0.1) is 0 Å². The minimum absolute atomic E-state index is 0.0404. The first-order valence-corrected chi connectivity index (χ1v) is 7.95. The van der Waals surface area contributed by atoms with E-state index in [2.05, 4.69) is 0 Å². The minimum atomic E-state index is -0.121. The van der Waals surface area contributed by atoms with Gasteiger partial charge in [-0.25, -0.2) is 0 Å². The van der Waals surface area contributed by atoms with E-state index < -0.39 is 0 Å². The van der Waals surface area contributed by atoms with Crippen LogP contribution in [0.25, 0.3) is 32.3 Å². The summed E-state index contributed by atoms with van der Waals surface area (Å²) in [6.07, 6.45) is 1.28. The molecule has 26 heavy (non-hydrogen) atoms. The predicted molar refractivity (Wildman–Crippen MR) is 96.6 cm³/mol. The van der Waals surface area contributed by atoms with Gasteiger partial charge in [-0.05, 0) is 36.4 Å². The molecule has 0 aliphatic carbocycles. The van der Waals surface area contributed by atoms with Crippen molar-refractivity contribution in [2.75, 3.05) is 13.2 Å². The number of rotatable bonds is 6. The number of carbonyl (C=O) groups is 2. The summed E-state index contributed by atoms with van der Waals surface area (Å²) in [5.41, 5.74) is 0. The molecule has 0 bridgehead atoms. The fourth-order valence-electron chi connectivity index (χ4n) is 3.38. The van der Waals surface area contributed by atoms with E-state index in [1.165, 1.54) is 0 Å². The maximum Gasteiger partial charge on any atom is 0.157 e. The van der Waals surface area contributed by atoms with Gasteiger partial charge in [0.05, 0.1) is 0 Å². The maximum absolute atomic E-state index is 10.7. The molecule has 130 valence electrons. The van der Waals surface area contributed by atoms with Gasteiger partial charge in [0.2, 0.25) is 0 Å². The molecular weight excluding hydrogens is 336 g/mol. The number of benzene rings is 4. The molecule has 0 aliphatic rings. The minimum Gasteiger partial charge on any atom is -0.507 e. The lowest BCUT2D eigenvalue weighted by Gasteiger charge is -2.17. The smallest absolute Gasteiger partial charge is 0.157 e. The SMILES string of the molecule is O=CCOc1ccc2c(O)cc3c(OCC=O)ccc4c(O)cc1c2c43. The third-order valence-corrected chi connectivity index (χ3v) is 4.39. The Balaban J connectivity index is 2.15. The van der Waals surface area contributed by atoms with Crippen molar-refractivity contribution in [2.45, 2.75) is 0 Å². The molecule has 0 spiro atoms. The number of ether oxygens (including phenoxy) is 2. The van der Waals surface area contributed by atoms with Gasteiger partial charge in [0.1, 0.15) is 36.2 Å². The molecule has 0 amide bonds. The van der Waals surface area contributed by atoms with Gasteiger partial charge in [0.15, 0.2) is 12.6 Å². The molecule has 0 aliphatic heterocycles. The zero-order valence-corrected chi connectivity index (χ0v) is 13.6. The van der Waals surface area contributed by atoms with Crippen LogP contribution in [0.4, 0.5) is 0 Å². The average Bonchev–Trinajstić information content (AvgIpc) is 2.65. The summed E-state index contributed by atoms with van der Waals surface area (Å²) in [7, 11) is 0. The molecule has 0 saturated carbocycles. The second-order valence-corrected chi connectivity index (χ2v) is 5.81. The standard InChI is InChI=1S/C20H14O6/c21-5-7-25-17-3-1-11-15(23)9-14-18(26-8-6-22)4-2-12-16(24)10-13(17)19(11)20(12)14/h1-6,9-10,23-24H,7-8H2. The third-order valence-electron chi connectivity index (χ3n) is 4.39. The molecule has 6 heteroatoms. The van der Waals surface area contributed by atoms with Gasteiger partial charge in [-0.15, -0.1) is 0 Å². The Morgan fingerprint density at radius 3 is 1.50 bits per heavy atom. The van der Waals surface area contributed by atoms with Crippen molar-refractivity contribution >= 4 is 44.9 Å². The number of phenolic OH excluding ortho intramolecular Hbond substituents is 2. The Kier molecular flexibility index (Phi) is 3.73. The van der Waals surface area contributed by atoms with Crippen molar-refractivity contribution in [3.8, 4) is 23.0 Å². The molecule has 6 nitrogen and oxygen atoms in total. The van der Waals surface area contributed by atoms with Crippen LogP contribution >= 0.6 is 0 Å². The van der Waals surface area contributed by atoms with E-state index in [-0.39, 0.29) is 24.7 Å². The first-order valence-electron chi connectivity index (χ1n) is 7.95. The Morgan fingerprint density at radius 1 is 0.692 bits per heavy atom. The van der Waals surface area contributed by atoms with Gasteiger partial charge < -0.3 is 19.7 Å². The van der Waals surface area contributed by atoms with Gasteiger partial charge in [-0.2, -0.15) is 0 Å². The highest BCUT2D eigenvalue weighted by molar-refractivity contribution is 6.28. The Bertz CT molecular complexity index is 1060. The van der Waals surface area contributed by atoms with Crippen LogP contribution in [0.5, 0.6) is 23.0 Å². The van der Waals surface area contributed by atoms with E-state index in [0.717, 1.165) is 0 Å². The number of phenols is 2. The van der Waals surface area contributed by atoms with Gasteiger partial charge in [-0.3, -0.25) is 9.59 Å². The number of hydrogen-bond donors (Lipinski definition) is 2. The van der Waals surface area contributed by atoms with Crippen molar-refractivity contribution in [1.29, 1.82) is 0 Å². The zero-order valence-electron chi connectivity index (χ0n) is 13.6. The van der Waals surface area contributed by atoms with Gasteiger partial charge in [0, 0.05) is 32.3 Å². The van der Waals surface area contributed by atoms with E-state index in [1.54, 1.807) is 36.4 Å². The van der Waals surface area contributed by atoms with Crippen molar-refractivity contribution in [1.82, 2.24) is 0 Å². The van der Waals surface area contributed by atoms with Crippen molar-refractivity contribution in [3.63, 3.8) is 0 Å². The van der Waals surface area contributed by atoms with Crippen LogP contribution in [0.2, 0.25) is 0 Å². The largest absolute Gasteiger partial charge is 0.507 e. The van der Waals surface area contributed by atoms with Gasteiger partial charge in [-0.1, -0.05) is 0 Å². The molecule has 4 aromatic carbocycles. The molecule has 0 radical (unpaired) electrons. The predicted octanol–water partition coefficient (Wildman–Crippen LogP) is 3.15. The zero-order chi connectivity index (χ0) is 18.3. The van der Waals surface area contributed by atoms with Crippen molar-refractivity contribution in [2.24, 2.45) is 0 Å². The van der Waals surface area contributed by atoms with E-state index in [9.17, 15) is 19.8 Å². The molecular formula is C20H14O6. The lowest BCUT2D eigenvalue weighted by atomic mass is 9.92. The summed E-state index contributed by atoms with van der Waals surface area (Å²) >= 11 is 0. The van der Waals surface area contributed by atoms with Crippen LogP contribution in [0.3, 0.4) is 0 Å². The van der Waals surface area contributed by atoms with Gasteiger partial charge >= 0.3 is 0 Å². The lowest BCUT2D eigenvalue weighted by molar-refractivity contribution is -0.110. The van der Waals surface area contributed by atoms with Crippen molar-refractivity contribution < 1.29 is 29.3 Å². The lowest BCUT2D eigenvalue weighted by Crippen LogP contribution is -2.00. The molecule has 0 saturated heterocycles. The van der Waals surface area contributed by atoms with Crippen LogP contribution in [0.15, 0.2) is 36.4 Å².